The number of carbonyl (C=O) groups excluding carboxylic acids is 1. The monoisotopic (exact) mass is 255 g/mol. The van der Waals surface area contributed by atoms with E-state index in [0.29, 0.717) is 24.5 Å². The Bertz CT molecular complexity index is 409. The highest BCUT2D eigenvalue weighted by Gasteiger charge is 2.10. The van der Waals surface area contributed by atoms with Gasteiger partial charge in [-0.25, -0.2) is 4.39 Å². The van der Waals surface area contributed by atoms with Gasteiger partial charge in [-0.05, 0) is 20.0 Å². The standard InChI is InChI=1S/C13H18FNO3/c1-4-18-13(16)9-15(2)8-10-5-6-11(17-3)7-12(10)14/h5-7H,4,8-9H2,1-3H3. The van der Waals surface area contributed by atoms with Crippen LogP contribution in [0, 0.1) is 5.82 Å². The van der Waals surface area contributed by atoms with E-state index in [1.807, 2.05) is 0 Å². The van der Waals surface area contributed by atoms with Crippen LogP contribution in [-0.2, 0) is 16.1 Å². The molecule has 1 aromatic carbocycles. The topological polar surface area (TPSA) is 38.8 Å². The molecule has 0 unspecified atom stereocenters. The number of nitrogens with zero attached hydrogens (tertiary/aromatic N) is 1. The zero-order valence-corrected chi connectivity index (χ0v) is 10.9. The van der Waals surface area contributed by atoms with Crippen molar-refractivity contribution in [1.82, 2.24) is 4.90 Å². The van der Waals surface area contributed by atoms with Gasteiger partial charge in [0, 0.05) is 18.2 Å². The summed E-state index contributed by atoms with van der Waals surface area (Å²) in [6.07, 6.45) is 0. The average molecular weight is 255 g/mol. The molecule has 0 atom stereocenters. The van der Waals surface area contributed by atoms with Gasteiger partial charge < -0.3 is 9.47 Å². The van der Waals surface area contributed by atoms with Crippen molar-refractivity contribution < 1.29 is 18.7 Å². The van der Waals surface area contributed by atoms with Gasteiger partial charge in [0.15, 0.2) is 0 Å². The molecule has 0 amide bonds. The van der Waals surface area contributed by atoms with E-state index in [1.165, 1.54) is 13.2 Å². The van der Waals surface area contributed by atoms with Gasteiger partial charge in [0.2, 0.25) is 0 Å². The number of methoxy groups -OCH3 is 1. The molecule has 0 aliphatic carbocycles. The Hall–Kier alpha value is -1.62. The summed E-state index contributed by atoms with van der Waals surface area (Å²) in [6, 6.07) is 4.67. The van der Waals surface area contributed by atoms with E-state index in [4.69, 9.17) is 9.47 Å². The van der Waals surface area contributed by atoms with E-state index in [9.17, 15) is 9.18 Å². The molecular formula is C13H18FNO3. The van der Waals surface area contributed by atoms with Gasteiger partial charge in [-0.15, -0.1) is 0 Å². The molecule has 0 saturated carbocycles. The summed E-state index contributed by atoms with van der Waals surface area (Å²) >= 11 is 0. The van der Waals surface area contributed by atoms with Crippen LogP contribution >= 0.6 is 0 Å². The molecule has 18 heavy (non-hydrogen) atoms. The van der Waals surface area contributed by atoms with Crippen molar-refractivity contribution in [3.05, 3.63) is 29.6 Å². The summed E-state index contributed by atoms with van der Waals surface area (Å²) < 4.78 is 23.4. The van der Waals surface area contributed by atoms with E-state index in [2.05, 4.69) is 0 Å². The van der Waals surface area contributed by atoms with Gasteiger partial charge in [-0.3, -0.25) is 9.69 Å². The van der Waals surface area contributed by atoms with E-state index < -0.39 is 0 Å². The zero-order chi connectivity index (χ0) is 13.5. The molecule has 4 nitrogen and oxygen atoms in total. The van der Waals surface area contributed by atoms with E-state index >= 15 is 0 Å². The summed E-state index contributed by atoms with van der Waals surface area (Å²) in [7, 11) is 3.22. The third kappa shape index (κ3) is 4.33. The fraction of sp³-hybridized carbons (Fsp3) is 0.462. The molecule has 1 aromatic rings. The van der Waals surface area contributed by atoms with Crippen LogP contribution in [0.25, 0.3) is 0 Å². The van der Waals surface area contributed by atoms with E-state index in [0.717, 1.165) is 0 Å². The van der Waals surface area contributed by atoms with Gasteiger partial charge in [-0.2, -0.15) is 0 Å². The predicted molar refractivity (Wildman–Crippen MR) is 65.9 cm³/mol. The van der Waals surface area contributed by atoms with Gasteiger partial charge in [0.1, 0.15) is 11.6 Å². The molecular weight excluding hydrogens is 237 g/mol. The zero-order valence-electron chi connectivity index (χ0n) is 10.9. The van der Waals surface area contributed by atoms with E-state index in [-0.39, 0.29) is 18.3 Å². The van der Waals surface area contributed by atoms with Crippen LogP contribution in [-0.4, -0.2) is 38.2 Å². The van der Waals surface area contributed by atoms with E-state index in [1.54, 1.807) is 31.0 Å². The van der Waals surface area contributed by atoms with Crippen LogP contribution < -0.4 is 4.74 Å². The van der Waals surface area contributed by atoms with Gasteiger partial charge >= 0.3 is 5.97 Å². The molecule has 0 heterocycles. The molecule has 0 aliphatic heterocycles. The molecule has 0 aliphatic rings. The highest BCUT2D eigenvalue weighted by Crippen LogP contribution is 2.17. The SMILES string of the molecule is CCOC(=O)CN(C)Cc1ccc(OC)cc1F. The Labute approximate surface area is 106 Å². The lowest BCUT2D eigenvalue weighted by Gasteiger charge is -2.16. The third-order valence-electron chi connectivity index (χ3n) is 2.40. The van der Waals surface area contributed by atoms with Crippen LogP contribution in [0.3, 0.4) is 0 Å². The highest BCUT2D eigenvalue weighted by atomic mass is 19.1. The summed E-state index contributed by atoms with van der Waals surface area (Å²) in [6.45, 7) is 2.58. The molecule has 0 fully saturated rings. The number of hydrogen-bond acceptors (Lipinski definition) is 4. The third-order valence-corrected chi connectivity index (χ3v) is 2.40. The molecule has 1 rings (SSSR count). The highest BCUT2D eigenvalue weighted by molar-refractivity contribution is 5.71. The quantitative estimate of drug-likeness (QED) is 0.727. The minimum absolute atomic E-state index is 0.138. The predicted octanol–water partition coefficient (Wildman–Crippen LogP) is 1.83. The second-order valence-corrected chi connectivity index (χ2v) is 3.93. The lowest BCUT2D eigenvalue weighted by atomic mass is 10.2. The Morgan fingerprint density at radius 2 is 2.17 bits per heavy atom. The van der Waals surface area contributed by atoms with Crippen molar-refractivity contribution in [1.29, 1.82) is 0 Å². The van der Waals surface area contributed by atoms with Gasteiger partial charge in [0.25, 0.3) is 0 Å². The maximum absolute atomic E-state index is 13.7. The minimum atomic E-state index is -0.343. The smallest absolute Gasteiger partial charge is 0.320 e. The normalized spacial score (nSPS) is 10.5. The molecule has 0 aromatic heterocycles. The van der Waals surface area contributed by atoms with Crippen LogP contribution in [0.1, 0.15) is 12.5 Å². The first-order valence-corrected chi connectivity index (χ1v) is 5.73. The van der Waals surface area contributed by atoms with Crippen LogP contribution in [0.4, 0.5) is 4.39 Å². The average Bonchev–Trinajstić information content (AvgIpc) is 2.31. The summed E-state index contributed by atoms with van der Waals surface area (Å²) in [5, 5.41) is 0. The first-order chi connectivity index (χ1) is 8.56. The molecule has 0 saturated heterocycles. The Morgan fingerprint density at radius 1 is 1.44 bits per heavy atom. The first kappa shape index (κ1) is 14.4. The van der Waals surface area contributed by atoms with Crippen LogP contribution in [0.2, 0.25) is 0 Å². The van der Waals surface area contributed by atoms with Crippen molar-refractivity contribution >= 4 is 5.97 Å². The summed E-state index contributed by atoms with van der Waals surface area (Å²) in [5.74, 6) is -0.178. The molecule has 0 bridgehead atoms. The van der Waals surface area contributed by atoms with Gasteiger partial charge in [-0.1, -0.05) is 6.07 Å². The Balaban J connectivity index is 2.59. The number of hydrogen-bond donors (Lipinski definition) is 0. The number of carbonyl (C=O) groups is 1. The molecule has 5 heteroatoms. The molecule has 100 valence electrons. The van der Waals surface area contributed by atoms with Crippen molar-refractivity contribution in [3.63, 3.8) is 0 Å². The fourth-order valence-electron chi connectivity index (χ4n) is 1.56. The first-order valence-electron chi connectivity index (χ1n) is 5.73. The van der Waals surface area contributed by atoms with Crippen molar-refractivity contribution in [2.24, 2.45) is 0 Å². The summed E-state index contributed by atoms with van der Waals surface area (Å²) in [4.78, 5) is 12.9. The van der Waals surface area contributed by atoms with Crippen molar-refractivity contribution in [2.75, 3.05) is 27.3 Å². The van der Waals surface area contributed by atoms with Crippen LogP contribution in [0.15, 0.2) is 18.2 Å². The van der Waals surface area contributed by atoms with Gasteiger partial charge in [0.05, 0.1) is 20.3 Å². The summed E-state index contributed by atoms with van der Waals surface area (Å²) in [5.41, 5.74) is 0.516. The molecule has 0 radical (unpaired) electrons. The number of rotatable bonds is 6. The number of ether oxygens (including phenoxy) is 2. The number of likely N-dealkylation sites (N-methyl/N-ethyl adjacent to an activating group) is 1. The van der Waals surface area contributed by atoms with Crippen molar-refractivity contribution in [3.8, 4) is 5.75 Å². The fourth-order valence-corrected chi connectivity index (χ4v) is 1.56. The Kier molecular flexibility index (Phi) is 5.58. The Morgan fingerprint density at radius 3 is 2.72 bits per heavy atom. The largest absolute Gasteiger partial charge is 0.497 e. The second kappa shape index (κ2) is 6.96. The maximum atomic E-state index is 13.7. The molecule has 0 spiro atoms. The van der Waals surface area contributed by atoms with Crippen LogP contribution in [0.5, 0.6) is 5.75 Å². The minimum Gasteiger partial charge on any atom is -0.497 e. The lowest BCUT2D eigenvalue weighted by molar-refractivity contribution is -0.144. The molecule has 0 N–H and O–H groups in total. The number of halogens is 1. The number of benzene rings is 1. The van der Waals surface area contributed by atoms with Crippen molar-refractivity contribution in [2.45, 2.75) is 13.5 Å². The second-order valence-electron chi connectivity index (χ2n) is 3.93. The maximum Gasteiger partial charge on any atom is 0.320 e. The number of esters is 1. The lowest BCUT2D eigenvalue weighted by Crippen LogP contribution is -2.27.